The predicted molar refractivity (Wildman–Crippen MR) is 63.8 cm³/mol. The molecule has 17 heavy (non-hydrogen) atoms. The first-order valence-electron chi connectivity index (χ1n) is 5.82. The zero-order valence-electron chi connectivity index (χ0n) is 10.4. The van der Waals surface area contributed by atoms with Crippen molar-refractivity contribution in [2.45, 2.75) is 25.8 Å². The van der Waals surface area contributed by atoms with Gasteiger partial charge >= 0.3 is 0 Å². The molecule has 1 heterocycles. The lowest BCUT2D eigenvalue weighted by Gasteiger charge is -2.24. The van der Waals surface area contributed by atoms with Crippen LogP contribution >= 0.6 is 0 Å². The minimum atomic E-state index is -0.209. The van der Waals surface area contributed by atoms with Gasteiger partial charge in [0.2, 0.25) is 0 Å². The number of aromatic nitrogens is 2. The lowest BCUT2D eigenvalue weighted by molar-refractivity contribution is 0.0718. The highest BCUT2D eigenvalue weighted by Gasteiger charge is 2.33. The average Bonchev–Trinajstić information content (AvgIpc) is 3.14. The third kappa shape index (κ3) is 2.38. The van der Waals surface area contributed by atoms with Crippen LogP contribution in [0.25, 0.3) is 0 Å². The molecule has 0 bridgehead atoms. The van der Waals surface area contributed by atoms with Crippen LogP contribution in [0.2, 0.25) is 0 Å². The summed E-state index contributed by atoms with van der Waals surface area (Å²) in [5.74, 6) is 0.497. The topological polar surface area (TPSA) is 55.2 Å². The summed E-state index contributed by atoms with van der Waals surface area (Å²) < 4.78 is 1.18. The van der Waals surface area contributed by atoms with E-state index in [9.17, 15) is 9.59 Å². The quantitative estimate of drug-likeness (QED) is 0.773. The van der Waals surface area contributed by atoms with Gasteiger partial charge in [0, 0.05) is 26.2 Å². The molecule has 0 N–H and O–H groups in total. The first-order chi connectivity index (χ1) is 8.00. The summed E-state index contributed by atoms with van der Waals surface area (Å²) in [5, 5.41) is 3.97. The maximum absolute atomic E-state index is 12.1. The molecule has 5 nitrogen and oxygen atoms in total. The lowest BCUT2D eigenvalue weighted by Crippen LogP contribution is -2.37. The van der Waals surface area contributed by atoms with E-state index in [2.05, 4.69) is 12.0 Å². The van der Waals surface area contributed by atoms with Gasteiger partial charge < -0.3 is 4.90 Å². The molecule has 0 aromatic carbocycles. The van der Waals surface area contributed by atoms with Crippen LogP contribution in [0.15, 0.2) is 16.9 Å². The Morgan fingerprint density at radius 1 is 1.53 bits per heavy atom. The molecular weight excluding hydrogens is 218 g/mol. The molecule has 5 heteroatoms. The fourth-order valence-electron chi connectivity index (χ4n) is 1.88. The summed E-state index contributed by atoms with van der Waals surface area (Å²) in [6.07, 6.45) is 2.39. The van der Waals surface area contributed by atoms with Gasteiger partial charge in [-0.15, -0.1) is 0 Å². The molecule has 0 radical (unpaired) electrons. The van der Waals surface area contributed by atoms with Crippen LogP contribution in [0, 0.1) is 5.92 Å². The molecule has 1 aliphatic rings. The van der Waals surface area contributed by atoms with E-state index in [0.717, 1.165) is 0 Å². The second-order valence-corrected chi connectivity index (χ2v) is 4.67. The number of nitrogens with zero attached hydrogens (tertiary/aromatic N) is 3. The number of carbonyl (C=O) groups excluding carboxylic acids is 1. The molecule has 1 aliphatic carbocycles. The third-order valence-electron chi connectivity index (χ3n) is 3.42. The van der Waals surface area contributed by atoms with E-state index in [1.165, 1.54) is 29.7 Å². The Morgan fingerprint density at radius 3 is 2.71 bits per heavy atom. The molecular formula is C12H17N3O2. The van der Waals surface area contributed by atoms with Gasteiger partial charge in [-0.05, 0) is 31.7 Å². The highest BCUT2D eigenvalue weighted by atomic mass is 16.2. The van der Waals surface area contributed by atoms with Crippen LogP contribution in [0.4, 0.5) is 0 Å². The molecule has 1 unspecified atom stereocenters. The van der Waals surface area contributed by atoms with Crippen LogP contribution in [0.1, 0.15) is 30.3 Å². The summed E-state index contributed by atoms with van der Waals surface area (Å²) in [7, 11) is 3.33. The van der Waals surface area contributed by atoms with Gasteiger partial charge in [0.1, 0.15) is 5.69 Å². The zero-order chi connectivity index (χ0) is 12.6. The Balaban J connectivity index is 2.18. The summed E-state index contributed by atoms with van der Waals surface area (Å²) in [6.45, 7) is 2.05. The van der Waals surface area contributed by atoms with E-state index in [1.54, 1.807) is 19.0 Å². The molecule has 1 fully saturated rings. The summed E-state index contributed by atoms with van der Waals surface area (Å²) in [4.78, 5) is 25.0. The van der Waals surface area contributed by atoms with Gasteiger partial charge in [-0.2, -0.15) is 5.10 Å². The Hall–Kier alpha value is -1.65. The van der Waals surface area contributed by atoms with Crippen molar-refractivity contribution in [3.05, 3.63) is 28.2 Å². The fourth-order valence-corrected chi connectivity index (χ4v) is 1.88. The first-order valence-corrected chi connectivity index (χ1v) is 5.82. The van der Waals surface area contributed by atoms with Gasteiger partial charge in [-0.25, -0.2) is 4.68 Å². The third-order valence-corrected chi connectivity index (χ3v) is 3.42. The van der Waals surface area contributed by atoms with E-state index in [0.29, 0.717) is 11.6 Å². The first kappa shape index (κ1) is 11.8. The molecule has 0 saturated heterocycles. The second kappa shape index (κ2) is 4.31. The van der Waals surface area contributed by atoms with Crippen molar-refractivity contribution in [2.75, 3.05) is 7.05 Å². The highest BCUT2D eigenvalue weighted by Crippen LogP contribution is 2.34. The molecule has 0 aliphatic heterocycles. The van der Waals surface area contributed by atoms with E-state index < -0.39 is 0 Å². The maximum atomic E-state index is 12.1. The fraction of sp³-hybridized carbons (Fsp3) is 0.583. The van der Waals surface area contributed by atoms with Gasteiger partial charge in [-0.3, -0.25) is 9.59 Å². The van der Waals surface area contributed by atoms with Crippen molar-refractivity contribution in [1.29, 1.82) is 0 Å². The Labute approximate surface area is 100 Å². The standard InChI is InChI=1S/C12H17N3O2/c1-8(9-4-5-9)14(2)12(17)10-6-7-11(16)15(3)13-10/h6-9H,4-5H2,1-3H3. The van der Waals surface area contributed by atoms with Crippen LogP contribution < -0.4 is 5.56 Å². The van der Waals surface area contributed by atoms with Crippen LogP contribution in [0.3, 0.4) is 0 Å². The molecule has 1 aromatic rings. The average molecular weight is 235 g/mol. The van der Waals surface area contributed by atoms with Crippen LogP contribution in [-0.2, 0) is 7.05 Å². The minimum absolute atomic E-state index is 0.125. The molecule has 1 amide bonds. The van der Waals surface area contributed by atoms with Crippen molar-refractivity contribution >= 4 is 5.91 Å². The maximum Gasteiger partial charge on any atom is 0.274 e. The van der Waals surface area contributed by atoms with Gasteiger partial charge in [-0.1, -0.05) is 0 Å². The second-order valence-electron chi connectivity index (χ2n) is 4.67. The molecule has 1 atom stereocenters. The molecule has 1 saturated carbocycles. The van der Waals surface area contributed by atoms with Crippen molar-refractivity contribution in [3.8, 4) is 0 Å². The number of amides is 1. The number of aryl methyl sites for hydroxylation is 1. The number of rotatable bonds is 3. The van der Waals surface area contributed by atoms with Crippen molar-refractivity contribution in [1.82, 2.24) is 14.7 Å². The molecule has 1 aromatic heterocycles. The number of hydrogen-bond donors (Lipinski definition) is 0. The van der Waals surface area contributed by atoms with E-state index in [1.807, 2.05) is 0 Å². The Morgan fingerprint density at radius 2 is 2.18 bits per heavy atom. The lowest BCUT2D eigenvalue weighted by atomic mass is 10.2. The van der Waals surface area contributed by atoms with Gasteiger partial charge in [0.25, 0.3) is 11.5 Å². The summed E-state index contributed by atoms with van der Waals surface area (Å²) >= 11 is 0. The van der Waals surface area contributed by atoms with Gasteiger partial charge in [0.05, 0.1) is 0 Å². The van der Waals surface area contributed by atoms with Crippen LogP contribution in [-0.4, -0.2) is 33.7 Å². The normalized spacial score (nSPS) is 16.6. The Kier molecular flexibility index (Phi) is 3.00. The monoisotopic (exact) mass is 235 g/mol. The van der Waals surface area contributed by atoms with Crippen LogP contribution in [0.5, 0.6) is 0 Å². The number of hydrogen-bond acceptors (Lipinski definition) is 3. The molecule has 0 spiro atoms. The SMILES string of the molecule is CC(C1CC1)N(C)C(=O)c1ccc(=O)n(C)n1. The van der Waals surface area contributed by atoms with Gasteiger partial charge in [0.15, 0.2) is 0 Å². The largest absolute Gasteiger partial charge is 0.337 e. The van der Waals surface area contributed by atoms with E-state index >= 15 is 0 Å². The van der Waals surface area contributed by atoms with Crippen molar-refractivity contribution in [3.63, 3.8) is 0 Å². The molecule has 2 rings (SSSR count). The molecule has 92 valence electrons. The number of carbonyl (C=O) groups is 1. The summed E-state index contributed by atoms with van der Waals surface area (Å²) in [5.41, 5.74) is 0.113. The smallest absolute Gasteiger partial charge is 0.274 e. The Bertz CT molecular complexity index is 491. The van der Waals surface area contributed by atoms with E-state index in [4.69, 9.17) is 0 Å². The summed E-state index contributed by atoms with van der Waals surface area (Å²) in [6, 6.07) is 3.10. The van der Waals surface area contributed by atoms with E-state index in [-0.39, 0.29) is 17.5 Å². The zero-order valence-corrected chi connectivity index (χ0v) is 10.4. The van der Waals surface area contributed by atoms with Crippen molar-refractivity contribution in [2.24, 2.45) is 13.0 Å². The highest BCUT2D eigenvalue weighted by molar-refractivity contribution is 5.92. The minimum Gasteiger partial charge on any atom is -0.337 e. The predicted octanol–water partition coefficient (Wildman–Crippen LogP) is 0.651. The van der Waals surface area contributed by atoms with Crippen molar-refractivity contribution < 1.29 is 4.79 Å².